The summed E-state index contributed by atoms with van der Waals surface area (Å²) < 4.78 is 5.39. The van der Waals surface area contributed by atoms with E-state index in [1.165, 1.54) is 141 Å². The van der Waals surface area contributed by atoms with Crippen molar-refractivity contribution in [2.24, 2.45) is 5.73 Å². The van der Waals surface area contributed by atoms with E-state index < -0.39 is 0 Å². The fraction of sp³-hybridized carbons (Fsp3) is 0.786. The molecule has 272 valence electrons. The Morgan fingerprint density at radius 2 is 0.891 bits per heavy atom. The van der Waals surface area contributed by atoms with Crippen LogP contribution in [0.15, 0.2) is 48.6 Å². The summed E-state index contributed by atoms with van der Waals surface area (Å²) in [5, 5.41) is 0. The topological polar surface area (TPSA) is 55.6 Å². The molecule has 0 aromatic carbocycles. The Hall–Kier alpha value is -1.65. The predicted octanol–water partition coefficient (Wildman–Crippen LogP) is 12.7. The fourth-order valence-electron chi connectivity index (χ4n) is 5.34. The zero-order valence-electron chi connectivity index (χ0n) is 31.4. The van der Waals surface area contributed by atoms with E-state index in [9.17, 15) is 4.79 Å². The Morgan fingerprint density at radius 1 is 0.543 bits per heavy atom. The lowest BCUT2D eigenvalue weighted by Crippen LogP contribution is -2.20. The zero-order valence-corrected chi connectivity index (χ0v) is 31.4. The average molecular weight is 647 g/mol. The molecular weight excluding hydrogens is 564 g/mol. The van der Waals surface area contributed by atoms with Crippen molar-refractivity contribution < 1.29 is 11.0 Å². The van der Waals surface area contributed by atoms with Crippen molar-refractivity contribution in [3.05, 3.63) is 48.6 Å². The van der Waals surface area contributed by atoms with E-state index in [0.29, 0.717) is 6.47 Å². The lowest BCUT2D eigenvalue weighted by Gasteiger charge is -2.15. The van der Waals surface area contributed by atoms with Crippen LogP contribution in [0.25, 0.3) is 0 Å². The molecule has 46 heavy (non-hydrogen) atoms. The molecule has 0 saturated carbocycles. The number of rotatable bonds is 34. The van der Waals surface area contributed by atoms with Crippen molar-refractivity contribution in [3.8, 4) is 0 Å². The second-order valence-electron chi connectivity index (χ2n) is 13.2. The molecule has 0 heterocycles. The normalized spacial score (nSPS) is 12.0. The number of nitrogens with zero attached hydrogens (tertiary/aromatic N) is 1. The van der Waals surface area contributed by atoms with Crippen LogP contribution < -0.4 is 5.73 Å². The number of nitrogens with two attached hydrogens (primary N) is 1. The number of unbranched alkanes of at least 4 members (excludes halogenated alkanes) is 18. The molecule has 4 heteroatoms. The number of likely N-dealkylation sites (N-methyl/N-ethyl adjacent to an activating group) is 1. The number of hydrogen-bond acceptors (Lipinski definition) is 4. The molecule has 2 N–H and O–H groups in total. The molecule has 0 bridgehead atoms. The van der Waals surface area contributed by atoms with E-state index in [2.05, 4.69) is 67.4 Å². The van der Waals surface area contributed by atoms with E-state index >= 15 is 0 Å². The summed E-state index contributed by atoms with van der Waals surface area (Å²) >= 11 is 0. The highest BCUT2D eigenvalue weighted by Gasteiger charge is 2.08. The lowest BCUT2D eigenvalue weighted by atomic mass is 10.0. The molecule has 0 aliphatic carbocycles. The molecule has 0 aliphatic heterocycles. The molecule has 0 saturated heterocycles. The van der Waals surface area contributed by atoms with Crippen LogP contribution in [0.4, 0.5) is 0 Å². The van der Waals surface area contributed by atoms with Gasteiger partial charge >= 0.3 is 0 Å². The van der Waals surface area contributed by atoms with E-state index in [1.807, 2.05) is 14.1 Å². The molecule has 0 aromatic heterocycles. The fourth-order valence-corrected chi connectivity index (χ4v) is 5.34. The van der Waals surface area contributed by atoms with Gasteiger partial charge in [0.1, 0.15) is 6.10 Å². The van der Waals surface area contributed by atoms with Gasteiger partial charge in [0.15, 0.2) is 0 Å². The maximum Gasteiger partial charge on any atom is 0.293 e. The third-order valence-corrected chi connectivity index (χ3v) is 8.28. The highest BCUT2D eigenvalue weighted by molar-refractivity contribution is 5.37. The summed E-state index contributed by atoms with van der Waals surface area (Å²) in [6.07, 6.45) is 51.4. The molecule has 0 aromatic rings. The Morgan fingerprint density at radius 3 is 1.20 bits per heavy atom. The van der Waals surface area contributed by atoms with Gasteiger partial charge in [0.2, 0.25) is 0 Å². The lowest BCUT2D eigenvalue weighted by molar-refractivity contribution is -0.134. The predicted molar refractivity (Wildman–Crippen MR) is 209 cm³/mol. The van der Waals surface area contributed by atoms with Crippen LogP contribution in [0.3, 0.4) is 0 Å². The van der Waals surface area contributed by atoms with Crippen molar-refractivity contribution in [2.45, 2.75) is 187 Å². The third-order valence-electron chi connectivity index (χ3n) is 8.28. The molecule has 0 aliphatic rings. The second kappa shape index (κ2) is 43.4. The van der Waals surface area contributed by atoms with Crippen LogP contribution in [-0.4, -0.2) is 44.7 Å². The molecule has 0 rings (SSSR count). The van der Waals surface area contributed by atoms with Crippen LogP contribution in [-0.2, 0) is 9.53 Å². The summed E-state index contributed by atoms with van der Waals surface area (Å²) in [7, 11) is 4.01. The zero-order chi connectivity index (χ0) is 34.0. The highest BCUT2D eigenvalue weighted by Crippen LogP contribution is 2.17. The first-order valence-corrected chi connectivity index (χ1v) is 19.7. The molecule has 4 nitrogen and oxygen atoms in total. The Labute approximate surface area is 290 Å². The van der Waals surface area contributed by atoms with Crippen LogP contribution >= 0.6 is 0 Å². The first-order valence-electron chi connectivity index (χ1n) is 19.7. The monoisotopic (exact) mass is 647 g/mol. The minimum absolute atomic E-state index is 0. The minimum atomic E-state index is 0. The maximum absolute atomic E-state index is 10.9. The largest absolute Gasteiger partial charge is 0.465 e. The maximum atomic E-state index is 10.9. The van der Waals surface area contributed by atoms with Crippen molar-refractivity contribution >= 4 is 6.47 Å². The number of ether oxygens (including phenoxy) is 1. The summed E-state index contributed by atoms with van der Waals surface area (Å²) in [6, 6.07) is 0. The molecule has 0 atom stereocenters. The summed E-state index contributed by atoms with van der Waals surface area (Å²) in [5.74, 6) is 0. The van der Waals surface area contributed by atoms with E-state index in [4.69, 9.17) is 10.5 Å². The molecular formula is C42H82N2O2. The quantitative estimate of drug-likeness (QED) is 0.0429. The Balaban J connectivity index is -0.00000251. The van der Waals surface area contributed by atoms with Crippen LogP contribution in [0.5, 0.6) is 0 Å². The summed E-state index contributed by atoms with van der Waals surface area (Å²) in [6.45, 7) is 6.92. The molecule has 0 amide bonds. The van der Waals surface area contributed by atoms with Crippen molar-refractivity contribution in [1.29, 1.82) is 0 Å². The van der Waals surface area contributed by atoms with Crippen LogP contribution in [0.2, 0.25) is 0 Å². The number of carbonyl (C=O) groups is 1. The van der Waals surface area contributed by atoms with Gasteiger partial charge in [-0.1, -0.05) is 140 Å². The Bertz CT molecular complexity index is 642. The van der Waals surface area contributed by atoms with Crippen molar-refractivity contribution in [3.63, 3.8) is 0 Å². The van der Waals surface area contributed by atoms with Gasteiger partial charge in [0.05, 0.1) is 0 Å². The van der Waals surface area contributed by atoms with Gasteiger partial charge in [-0.15, -0.1) is 0 Å². The first kappa shape index (κ1) is 46.5. The van der Waals surface area contributed by atoms with Gasteiger partial charge in [-0.05, 0) is 104 Å². The number of allylic oxidation sites excluding steroid dienone is 8. The number of hydrogen-bond donors (Lipinski definition) is 1. The third kappa shape index (κ3) is 44.5. The van der Waals surface area contributed by atoms with E-state index in [1.54, 1.807) is 0 Å². The number of carbonyl (C=O) groups excluding carboxylic acids is 1. The van der Waals surface area contributed by atoms with Crippen LogP contribution in [0.1, 0.15) is 182 Å². The van der Waals surface area contributed by atoms with Crippen molar-refractivity contribution in [1.82, 2.24) is 4.90 Å². The Kier molecular flexibility index (Phi) is 43.8. The van der Waals surface area contributed by atoms with Gasteiger partial charge in [-0.3, -0.25) is 4.79 Å². The van der Waals surface area contributed by atoms with Gasteiger partial charge in [0.25, 0.3) is 6.47 Å². The van der Waals surface area contributed by atoms with Gasteiger partial charge < -0.3 is 15.4 Å². The second-order valence-corrected chi connectivity index (χ2v) is 13.2. The van der Waals surface area contributed by atoms with Crippen LogP contribution in [0, 0.1) is 0 Å². The highest BCUT2D eigenvalue weighted by atomic mass is 16.5. The summed E-state index contributed by atoms with van der Waals surface area (Å²) in [5.41, 5.74) is 5.19. The van der Waals surface area contributed by atoms with Gasteiger partial charge in [-0.25, -0.2) is 0 Å². The minimum Gasteiger partial charge on any atom is -0.465 e. The standard InChI is InChI=1S/C38H68O2.C4H12N2.H2/c1-3-5-7-9-11-13-15-17-19-21-23-25-27-29-31-33-35-38(40-37-39)36-34-32-30-28-26-24-22-20-18-16-14-12-10-8-6-4-2;1-6(2)4-3-5;/h11-14,17-20,37-38H,3-10,15-16,21-36H2,1-2H3;3-5H2,1-2H3;1H/b13-11-,14-12-,19-17-,20-18-;;. The van der Waals surface area contributed by atoms with E-state index in [0.717, 1.165) is 38.8 Å². The first-order chi connectivity index (χ1) is 22.6. The van der Waals surface area contributed by atoms with Gasteiger partial charge in [0, 0.05) is 14.5 Å². The molecule has 0 fully saturated rings. The average Bonchev–Trinajstić information content (AvgIpc) is 3.04. The molecule has 0 spiro atoms. The van der Waals surface area contributed by atoms with Crippen molar-refractivity contribution in [2.75, 3.05) is 27.2 Å². The smallest absolute Gasteiger partial charge is 0.293 e. The summed E-state index contributed by atoms with van der Waals surface area (Å²) in [4.78, 5) is 13.0. The van der Waals surface area contributed by atoms with E-state index in [-0.39, 0.29) is 7.53 Å². The molecule has 0 radical (unpaired) electrons. The van der Waals surface area contributed by atoms with Gasteiger partial charge in [-0.2, -0.15) is 0 Å². The SMILES string of the molecule is CCCCC/C=C\C/C=C\CCCCCCCCC(CCCCCCCC/C=C\C/C=C\CCCCC)OC=O.CN(C)CCN.[HH]. The molecule has 0 unspecified atom stereocenters.